The largest absolute Gasteiger partial charge is 0.481 e. The average Bonchev–Trinajstić information content (AvgIpc) is 2.69. The number of para-hydroxylation sites is 1. The van der Waals surface area contributed by atoms with Crippen molar-refractivity contribution in [2.75, 3.05) is 0 Å². The first-order chi connectivity index (χ1) is 9.09. The molecule has 0 aliphatic carbocycles. The van der Waals surface area contributed by atoms with Gasteiger partial charge in [0.1, 0.15) is 0 Å². The number of benzene rings is 1. The van der Waals surface area contributed by atoms with Crippen molar-refractivity contribution in [2.24, 2.45) is 0 Å². The van der Waals surface area contributed by atoms with Gasteiger partial charge in [-0.2, -0.15) is 0 Å². The van der Waals surface area contributed by atoms with Crippen LogP contribution in [0.1, 0.15) is 24.1 Å². The van der Waals surface area contributed by atoms with E-state index >= 15 is 0 Å². The molecule has 2 N–H and O–H groups in total. The van der Waals surface area contributed by atoms with Gasteiger partial charge >= 0.3 is 11.7 Å². The Bertz CT molecular complexity index is 640. The molecule has 1 aromatic heterocycles. The predicted molar refractivity (Wildman–Crippen MR) is 71.7 cm³/mol. The number of hydrogen-bond acceptors (Lipinski definition) is 2. The van der Waals surface area contributed by atoms with E-state index in [1.165, 1.54) is 0 Å². The highest BCUT2D eigenvalue weighted by Gasteiger charge is 2.09. The van der Waals surface area contributed by atoms with E-state index < -0.39 is 5.97 Å². The van der Waals surface area contributed by atoms with Crippen LogP contribution in [0.3, 0.4) is 0 Å². The summed E-state index contributed by atoms with van der Waals surface area (Å²) in [7, 11) is 0. The van der Waals surface area contributed by atoms with Crippen LogP contribution in [0.25, 0.3) is 5.69 Å². The number of carboxylic acids is 1. The molecule has 5 heteroatoms. The molecule has 0 bridgehead atoms. The molecule has 0 unspecified atom stereocenters. The SMILES string of the molecule is Cc1c[nH]c(=O)n1-c1ccccc1CCCC(=O)O. The van der Waals surface area contributed by atoms with Gasteiger partial charge in [-0.15, -0.1) is 0 Å². The number of aromatic nitrogens is 2. The van der Waals surface area contributed by atoms with E-state index in [-0.39, 0.29) is 12.1 Å². The van der Waals surface area contributed by atoms with Crippen LogP contribution >= 0.6 is 0 Å². The number of imidazole rings is 1. The van der Waals surface area contributed by atoms with Crippen LogP contribution in [-0.2, 0) is 11.2 Å². The number of aromatic amines is 1. The van der Waals surface area contributed by atoms with Crippen LogP contribution < -0.4 is 5.69 Å². The van der Waals surface area contributed by atoms with Gasteiger partial charge in [-0.3, -0.25) is 9.36 Å². The van der Waals surface area contributed by atoms with E-state index in [9.17, 15) is 9.59 Å². The van der Waals surface area contributed by atoms with Crippen molar-refractivity contribution in [3.05, 3.63) is 52.2 Å². The van der Waals surface area contributed by atoms with Crippen molar-refractivity contribution in [2.45, 2.75) is 26.2 Å². The van der Waals surface area contributed by atoms with E-state index in [0.717, 1.165) is 16.9 Å². The molecule has 100 valence electrons. The van der Waals surface area contributed by atoms with Gasteiger partial charge in [0.2, 0.25) is 0 Å². The van der Waals surface area contributed by atoms with E-state index in [1.807, 2.05) is 31.2 Å². The molecule has 19 heavy (non-hydrogen) atoms. The molecule has 5 nitrogen and oxygen atoms in total. The molecular formula is C14H16N2O3. The highest BCUT2D eigenvalue weighted by atomic mass is 16.4. The Kier molecular flexibility index (Phi) is 3.85. The Hall–Kier alpha value is -2.30. The minimum absolute atomic E-state index is 0.134. The van der Waals surface area contributed by atoms with Gasteiger partial charge in [-0.05, 0) is 31.4 Å². The van der Waals surface area contributed by atoms with Crippen molar-refractivity contribution in [1.29, 1.82) is 0 Å². The third-order valence-electron chi connectivity index (χ3n) is 3.03. The molecule has 1 heterocycles. The van der Waals surface area contributed by atoms with Gasteiger partial charge in [0.05, 0.1) is 5.69 Å². The molecule has 0 radical (unpaired) electrons. The summed E-state index contributed by atoms with van der Waals surface area (Å²) >= 11 is 0. The van der Waals surface area contributed by atoms with E-state index in [1.54, 1.807) is 10.8 Å². The molecule has 1 aromatic carbocycles. The first-order valence-corrected chi connectivity index (χ1v) is 6.16. The lowest BCUT2D eigenvalue weighted by Gasteiger charge is -2.10. The molecule has 0 fully saturated rings. The van der Waals surface area contributed by atoms with Gasteiger partial charge in [-0.1, -0.05) is 18.2 Å². The lowest BCUT2D eigenvalue weighted by atomic mass is 10.1. The maximum absolute atomic E-state index is 11.8. The Morgan fingerprint density at radius 1 is 1.37 bits per heavy atom. The molecule has 0 atom stereocenters. The van der Waals surface area contributed by atoms with Crippen LogP contribution in [0.4, 0.5) is 0 Å². The number of hydrogen-bond donors (Lipinski definition) is 2. The van der Waals surface area contributed by atoms with Gasteiger partial charge in [-0.25, -0.2) is 4.79 Å². The van der Waals surface area contributed by atoms with Crippen LogP contribution in [0.15, 0.2) is 35.3 Å². The van der Waals surface area contributed by atoms with Gasteiger partial charge in [0.25, 0.3) is 0 Å². The number of rotatable bonds is 5. The summed E-state index contributed by atoms with van der Waals surface area (Å²) in [6, 6.07) is 7.57. The normalized spacial score (nSPS) is 10.6. The number of nitrogens with zero attached hydrogens (tertiary/aromatic N) is 1. The average molecular weight is 260 g/mol. The predicted octanol–water partition coefficient (Wildman–Crippen LogP) is 1.88. The van der Waals surface area contributed by atoms with Gasteiger partial charge in [0, 0.05) is 18.3 Å². The maximum atomic E-state index is 11.8. The van der Waals surface area contributed by atoms with E-state index in [4.69, 9.17) is 5.11 Å². The number of aliphatic carboxylic acids is 1. The fraction of sp³-hybridized carbons (Fsp3) is 0.286. The third-order valence-corrected chi connectivity index (χ3v) is 3.03. The Morgan fingerprint density at radius 2 is 2.11 bits per heavy atom. The summed E-state index contributed by atoms with van der Waals surface area (Å²) in [5.74, 6) is -0.799. The summed E-state index contributed by atoms with van der Waals surface area (Å²) in [6.07, 6.45) is 3.00. The second kappa shape index (κ2) is 5.56. The third kappa shape index (κ3) is 2.93. The van der Waals surface area contributed by atoms with Crippen LogP contribution in [-0.4, -0.2) is 20.6 Å². The smallest absolute Gasteiger partial charge is 0.330 e. The zero-order valence-corrected chi connectivity index (χ0v) is 10.7. The minimum atomic E-state index is -0.799. The van der Waals surface area contributed by atoms with E-state index in [2.05, 4.69) is 4.98 Å². The fourth-order valence-corrected chi connectivity index (χ4v) is 2.13. The highest BCUT2D eigenvalue weighted by Crippen LogP contribution is 2.16. The standard InChI is InChI=1S/C14H16N2O3/c1-10-9-15-14(19)16(10)12-7-3-2-5-11(12)6-4-8-13(17)18/h2-3,5,7,9H,4,6,8H2,1H3,(H,15,19)(H,17,18). The minimum Gasteiger partial charge on any atom is -0.481 e. The topological polar surface area (TPSA) is 75.1 Å². The Balaban J connectivity index is 2.31. The number of carbonyl (C=O) groups is 1. The lowest BCUT2D eigenvalue weighted by Crippen LogP contribution is -2.17. The van der Waals surface area contributed by atoms with Crippen molar-refractivity contribution < 1.29 is 9.90 Å². The first-order valence-electron chi connectivity index (χ1n) is 6.16. The number of carboxylic acid groups (broad SMARTS) is 1. The molecule has 2 aromatic rings. The van der Waals surface area contributed by atoms with Crippen LogP contribution in [0, 0.1) is 6.92 Å². The molecule has 0 spiro atoms. The fourth-order valence-electron chi connectivity index (χ4n) is 2.13. The Morgan fingerprint density at radius 3 is 2.74 bits per heavy atom. The number of H-pyrrole nitrogens is 1. The molecule has 0 saturated heterocycles. The maximum Gasteiger partial charge on any atom is 0.330 e. The molecular weight excluding hydrogens is 244 g/mol. The zero-order valence-electron chi connectivity index (χ0n) is 10.7. The molecule has 0 amide bonds. The summed E-state index contributed by atoms with van der Waals surface area (Å²) < 4.78 is 1.61. The quantitative estimate of drug-likeness (QED) is 0.861. The molecule has 0 aliphatic rings. The summed E-state index contributed by atoms with van der Waals surface area (Å²) in [5, 5.41) is 8.67. The monoisotopic (exact) mass is 260 g/mol. The lowest BCUT2D eigenvalue weighted by molar-refractivity contribution is -0.137. The summed E-state index contributed by atoms with van der Waals surface area (Å²) in [6.45, 7) is 1.85. The second-order valence-corrected chi connectivity index (χ2v) is 4.45. The summed E-state index contributed by atoms with van der Waals surface area (Å²) in [5.41, 5.74) is 2.45. The van der Waals surface area contributed by atoms with Gasteiger partial charge < -0.3 is 10.1 Å². The zero-order chi connectivity index (χ0) is 13.8. The first kappa shape index (κ1) is 13.1. The van der Waals surface area contributed by atoms with E-state index in [0.29, 0.717) is 12.8 Å². The number of nitrogens with one attached hydrogen (secondary N) is 1. The Labute approximate surface area is 110 Å². The van der Waals surface area contributed by atoms with Crippen molar-refractivity contribution in [1.82, 2.24) is 9.55 Å². The molecule has 0 saturated carbocycles. The molecule has 0 aliphatic heterocycles. The molecule has 2 rings (SSSR count). The van der Waals surface area contributed by atoms with Gasteiger partial charge in [0.15, 0.2) is 0 Å². The number of aryl methyl sites for hydroxylation is 2. The van der Waals surface area contributed by atoms with Crippen LogP contribution in [0.5, 0.6) is 0 Å². The van der Waals surface area contributed by atoms with Crippen molar-refractivity contribution in [3.63, 3.8) is 0 Å². The summed E-state index contributed by atoms with van der Waals surface area (Å²) in [4.78, 5) is 25.0. The van der Waals surface area contributed by atoms with Crippen molar-refractivity contribution in [3.8, 4) is 5.69 Å². The van der Waals surface area contributed by atoms with Crippen molar-refractivity contribution >= 4 is 5.97 Å². The second-order valence-electron chi connectivity index (χ2n) is 4.45. The highest BCUT2D eigenvalue weighted by molar-refractivity contribution is 5.66. The van der Waals surface area contributed by atoms with Crippen LogP contribution in [0.2, 0.25) is 0 Å².